The number of hydrogen-bond donors (Lipinski definition) is 3. The van der Waals surface area contributed by atoms with E-state index in [1.165, 1.54) is 19.2 Å². The lowest BCUT2D eigenvalue weighted by Gasteiger charge is -2.15. The number of methoxy groups -OCH3 is 1. The number of benzene rings is 3. The minimum absolute atomic E-state index is 0.0358. The van der Waals surface area contributed by atoms with Gasteiger partial charge in [-0.25, -0.2) is 4.79 Å². The Balaban J connectivity index is 1.63. The molecule has 0 radical (unpaired) electrons. The number of anilines is 1. The van der Waals surface area contributed by atoms with Gasteiger partial charge in [0.2, 0.25) is 0 Å². The van der Waals surface area contributed by atoms with E-state index in [-0.39, 0.29) is 51.9 Å². The van der Waals surface area contributed by atoms with Crippen molar-refractivity contribution in [1.29, 1.82) is 0 Å². The van der Waals surface area contributed by atoms with Crippen molar-refractivity contribution >= 4 is 45.8 Å². The Morgan fingerprint density at radius 1 is 1.03 bits per heavy atom. The average Bonchev–Trinajstić information content (AvgIpc) is 3.61. The fourth-order valence-corrected chi connectivity index (χ4v) is 3.54. The van der Waals surface area contributed by atoms with Crippen LogP contribution in [0.5, 0.6) is 11.5 Å². The molecule has 170 valence electrons. The molecular formula is C24H21ClN2O6. The summed E-state index contributed by atoms with van der Waals surface area (Å²) in [4.78, 5) is 36.6. The van der Waals surface area contributed by atoms with E-state index in [1.54, 1.807) is 12.1 Å². The summed E-state index contributed by atoms with van der Waals surface area (Å²) < 4.78 is 10.8. The molecule has 0 spiro atoms. The van der Waals surface area contributed by atoms with E-state index in [2.05, 4.69) is 10.6 Å². The lowest BCUT2D eigenvalue weighted by molar-refractivity contribution is -0.123. The van der Waals surface area contributed by atoms with Gasteiger partial charge in [0.15, 0.2) is 6.61 Å². The number of carboxylic acids is 1. The summed E-state index contributed by atoms with van der Waals surface area (Å²) >= 11 is 6.21. The van der Waals surface area contributed by atoms with Crippen LogP contribution in [-0.4, -0.2) is 42.6 Å². The summed E-state index contributed by atoms with van der Waals surface area (Å²) in [5, 5.41) is 16.5. The van der Waals surface area contributed by atoms with Crippen molar-refractivity contribution < 1.29 is 29.0 Å². The highest BCUT2D eigenvalue weighted by Crippen LogP contribution is 2.33. The molecule has 1 saturated carbocycles. The van der Waals surface area contributed by atoms with E-state index in [1.807, 2.05) is 24.3 Å². The van der Waals surface area contributed by atoms with Gasteiger partial charge < -0.3 is 25.2 Å². The van der Waals surface area contributed by atoms with E-state index in [0.717, 1.165) is 23.6 Å². The van der Waals surface area contributed by atoms with Gasteiger partial charge in [-0.05, 0) is 41.8 Å². The first-order valence-corrected chi connectivity index (χ1v) is 10.6. The minimum atomic E-state index is -1.21. The topological polar surface area (TPSA) is 114 Å². The molecule has 4 rings (SSSR count). The Bertz CT molecular complexity index is 1260. The molecule has 2 amide bonds. The van der Waals surface area contributed by atoms with Crippen LogP contribution in [0.25, 0.3) is 10.8 Å². The number of carbonyl (C=O) groups excluding carboxylic acids is 2. The Hall–Kier alpha value is -3.78. The molecule has 3 aromatic carbocycles. The maximum Gasteiger partial charge on any atom is 0.339 e. The number of rotatable bonds is 8. The van der Waals surface area contributed by atoms with Crippen LogP contribution in [0.2, 0.25) is 5.02 Å². The van der Waals surface area contributed by atoms with Gasteiger partial charge in [-0.3, -0.25) is 9.59 Å². The largest absolute Gasteiger partial charge is 0.496 e. The van der Waals surface area contributed by atoms with Crippen LogP contribution in [-0.2, 0) is 4.79 Å². The van der Waals surface area contributed by atoms with Gasteiger partial charge in [-0.15, -0.1) is 0 Å². The normalized spacial score (nSPS) is 12.8. The molecule has 0 aromatic heterocycles. The molecule has 0 saturated heterocycles. The zero-order valence-corrected chi connectivity index (χ0v) is 18.4. The molecule has 0 aliphatic heterocycles. The van der Waals surface area contributed by atoms with Crippen LogP contribution in [0, 0.1) is 0 Å². The first-order chi connectivity index (χ1) is 15.9. The number of carboxylic acid groups (broad SMARTS) is 1. The van der Waals surface area contributed by atoms with Crippen molar-refractivity contribution in [3.63, 3.8) is 0 Å². The van der Waals surface area contributed by atoms with Crippen LogP contribution in [0.15, 0.2) is 48.5 Å². The molecule has 0 heterocycles. The zero-order valence-electron chi connectivity index (χ0n) is 17.7. The molecule has 3 aromatic rings. The number of fused-ring (bicyclic) bond motifs is 1. The third kappa shape index (κ3) is 5.18. The summed E-state index contributed by atoms with van der Waals surface area (Å²) in [5.41, 5.74) is 0.247. The van der Waals surface area contributed by atoms with E-state index in [0.29, 0.717) is 0 Å². The second-order valence-corrected chi connectivity index (χ2v) is 8.02. The van der Waals surface area contributed by atoms with E-state index in [9.17, 15) is 19.5 Å². The lowest BCUT2D eigenvalue weighted by atomic mass is 10.0. The van der Waals surface area contributed by atoms with Crippen molar-refractivity contribution in [2.45, 2.75) is 18.9 Å². The molecular weight excluding hydrogens is 448 g/mol. The summed E-state index contributed by atoms with van der Waals surface area (Å²) in [5.74, 6) is -1.71. The van der Waals surface area contributed by atoms with E-state index < -0.39 is 11.9 Å². The smallest absolute Gasteiger partial charge is 0.339 e. The lowest BCUT2D eigenvalue weighted by Crippen LogP contribution is -2.30. The van der Waals surface area contributed by atoms with Crippen molar-refractivity contribution in [3.05, 3.63) is 64.7 Å². The van der Waals surface area contributed by atoms with Crippen LogP contribution >= 0.6 is 11.6 Å². The second-order valence-electron chi connectivity index (χ2n) is 7.62. The van der Waals surface area contributed by atoms with Crippen molar-refractivity contribution in [2.24, 2.45) is 0 Å². The number of ether oxygens (including phenoxy) is 2. The Kier molecular flexibility index (Phi) is 6.37. The summed E-state index contributed by atoms with van der Waals surface area (Å²) in [6.45, 7) is -0.225. The second kappa shape index (κ2) is 9.38. The fourth-order valence-electron chi connectivity index (χ4n) is 3.33. The quantitative estimate of drug-likeness (QED) is 0.458. The number of carbonyl (C=O) groups is 3. The maximum atomic E-state index is 13.2. The van der Waals surface area contributed by atoms with Gasteiger partial charge >= 0.3 is 5.97 Å². The molecule has 33 heavy (non-hydrogen) atoms. The van der Waals surface area contributed by atoms with Crippen LogP contribution in [0.1, 0.15) is 33.6 Å². The third-order valence-corrected chi connectivity index (χ3v) is 5.47. The van der Waals surface area contributed by atoms with Gasteiger partial charge in [0, 0.05) is 12.1 Å². The zero-order chi connectivity index (χ0) is 23.5. The standard InChI is InChI=1S/C24H21ClN2O6/c1-32-20-11-19(18(25)10-17(20)24(30)31)27-23(29)16-8-13-4-2-3-5-14(13)9-21(16)33-12-22(28)26-15-6-7-15/h2-5,8-11,15H,6-7,12H2,1H3,(H,26,28)(H,27,29)(H,30,31). The predicted octanol–water partition coefficient (Wildman–Crippen LogP) is 4.11. The fraction of sp³-hybridized carbons (Fsp3) is 0.208. The number of nitrogens with one attached hydrogen (secondary N) is 2. The molecule has 0 unspecified atom stereocenters. The Morgan fingerprint density at radius 3 is 2.36 bits per heavy atom. The number of amides is 2. The molecule has 0 bridgehead atoms. The summed E-state index contributed by atoms with van der Waals surface area (Å²) in [6.07, 6.45) is 1.92. The highest BCUT2D eigenvalue weighted by Gasteiger charge is 2.24. The van der Waals surface area contributed by atoms with Crippen LogP contribution in [0.4, 0.5) is 5.69 Å². The molecule has 3 N–H and O–H groups in total. The van der Waals surface area contributed by atoms with E-state index in [4.69, 9.17) is 21.1 Å². The summed E-state index contributed by atoms with van der Waals surface area (Å²) in [7, 11) is 1.32. The van der Waals surface area contributed by atoms with E-state index >= 15 is 0 Å². The van der Waals surface area contributed by atoms with Crippen LogP contribution in [0.3, 0.4) is 0 Å². The number of aromatic carboxylic acids is 1. The Labute approximate surface area is 194 Å². The molecule has 8 nitrogen and oxygen atoms in total. The minimum Gasteiger partial charge on any atom is -0.496 e. The first-order valence-electron chi connectivity index (χ1n) is 10.2. The van der Waals surface area contributed by atoms with Crippen molar-refractivity contribution in [3.8, 4) is 11.5 Å². The first kappa shape index (κ1) is 22.4. The van der Waals surface area contributed by atoms with Gasteiger partial charge in [0.05, 0.1) is 23.4 Å². The molecule has 1 fully saturated rings. The molecule has 1 aliphatic carbocycles. The van der Waals surface area contributed by atoms with Crippen molar-refractivity contribution in [1.82, 2.24) is 5.32 Å². The molecule has 9 heteroatoms. The summed E-state index contributed by atoms with van der Waals surface area (Å²) in [6, 6.07) is 13.5. The molecule has 1 aliphatic rings. The number of halogens is 1. The van der Waals surface area contributed by atoms with Gasteiger partial charge in [-0.1, -0.05) is 35.9 Å². The number of hydrogen-bond acceptors (Lipinski definition) is 5. The monoisotopic (exact) mass is 468 g/mol. The Morgan fingerprint density at radius 2 is 1.73 bits per heavy atom. The van der Waals surface area contributed by atoms with Gasteiger partial charge in [0.1, 0.15) is 17.1 Å². The third-order valence-electron chi connectivity index (χ3n) is 5.16. The van der Waals surface area contributed by atoms with Crippen molar-refractivity contribution in [2.75, 3.05) is 19.0 Å². The predicted molar refractivity (Wildman–Crippen MR) is 124 cm³/mol. The van der Waals surface area contributed by atoms with Gasteiger partial charge in [-0.2, -0.15) is 0 Å². The highest BCUT2D eigenvalue weighted by molar-refractivity contribution is 6.34. The maximum absolute atomic E-state index is 13.2. The van der Waals surface area contributed by atoms with Crippen LogP contribution < -0.4 is 20.1 Å². The molecule has 0 atom stereocenters. The SMILES string of the molecule is COc1cc(NC(=O)c2cc3ccccc3cc2OCC(=O)NC2CC2)c(Cl)cc1C(=O)O. The van der Waals surface area contributed by atoms with Gasteiger partial charge in [0.25, 0.3) is 11.8 Å². The highest BCUT2D eigenvalue weighted by atomic mass is 35.5. The average molecular weight is 469 g/mol.